The van der Waals surface area contributed by atoms with Crippen molar-refractivity contribution in [2.75, 3.05) is 0 Å². The summed E-state index contributed by atoms with van der Waals surface area (Å²) in [5.41, 5.74) is 1.61. The predicted molar refractivity (Wildman–Crippen MR) is 82.4 cm³/mol. The van der Waals surface area contributed by atoms with Crippen molar-refractivity contribution in [1.29, 1.82) is 0 Å². The molecule has 3 rings (SSSR count). The van der Waals surface area contributed by atoms with Crippen molar-refractivity contribution in [1.82, 2.24) is 30.0 Å². The van der Waals surface area contributed by atoms with Crippen LogP contribution in [0.2, 0.25) is 0 Å². The number of imidazole rings is 1. The van der Waals surface area contributed by atoms with Crippen LogP contribution in [0.15, 0.2) is 30.6 Å². The van der Waals surface area contributed by atoms with E-state index in [1.807, 2.05) is 49.6 Å². The molecule has 114 valence electrons. The van der Waals surface area contributed by atoms with Crippen LogP contribution in [-0.4, -0.2) is 30.6 Å². The highest BCUT2D eigenvalue weighted by Crippen LogP contribution is 2.15. The first-order valence-electron chi connectivity index (χ1n) is 7.21. The SMILES string of the molecule is CC(C)n1cnnc1[C@H](C)NC(=O)c1nc2ccccc2[nH]1. The van der Waals surface area contributed by atoms with Gasteiger partial charge in [-0.3, -0.25) is 4.79 Å². The summed E-state index contributed by atoms with van der Waals surface area (Å²) < 4.78 is 1.93. The molecule has 0 unspecified atom stereocenters. The number of carbonyl (C=O) groups excluding carboxylic acids is 1. The smallest absolute Gasteiger partial charge is 0.287 e. The third kappa shape index (κ3) is 2.57. The molecule has 22 heavy (non-hydrogen) atoms. The molecule has 1 amide bonds. The fourth-order valence-corrected chi connectivity index (χ4v) is 2.35. The van der Waals surface area contributed by atoms with Gasteiger partial charge in [-0.1, -0.05) is 12.1 Å². The van der Waals surface area contributed by atoms with Crippen molar-refractivity contribution >= 4 is 16.9 Å². The molecule has 0 radical (unpaired) electrons. The number of carbonyl (C=O) groups is 1. The number of hydrogen-bond acceptors (Lipinski definition) is 4. The lowest BCUT2D eigenvalue weighted by atomic mass is 10.2. The second-order valence-corrected chi connectivity index (χ2v) is 5.49. The van der Waals surface area contributed by atoms with E-state index in [1.165, 1.54) is 0 Å². The van der Waals surface area contributed by atoms with E-state index in [0.29, 0.717) is 5.82 Å². The van der Waals surface area contributed by atoms with Gasteiger partial charge in [0.15, 0.2) is 11.6 Å². The number of fused-ring (bicyclic) bond motifs is 1. The first-order valence-corrected chi connectivity index (χ1v) is 7.21. The number of benzene rings is 1. The lowest BCUT2D eigenvalue weighted by Gasteiger charge is -2.16. The van der Waals surface area contributed by atoms with Crippen molar-refractivity contribution in [3.05, 3.63) is 42.2 Å². The topological polar surface area (TPSA) is 88.5 Å². The van der Waals surface area contributed by atoms with Crippen LogP contribution in [0, 0.1) is 0 Å². The number of nitrogens with zero attached hydrogens (tertiary/aromatic N) is 4. The van der Waals surface area contributed by atoms with Gasteiger partial charge < -0.3 is 14.9 Å². The van der Waals surface area contributed by atoms with Crippen LogP contribution in [0.25, 0.3) is 11.0 Å². The van der Waals surface area contributed by atoms with Crippen molar-refractivity contribution in [3.63, 3.8) is 0 Å². The quantitative estimate of drug-likeness (QED) is 0.773. The molecule has 0 aliphatic heterocycles. The van der Waals surface area contributed by atoms with E-state index in [0.717, 1.165) is 16.9 Å². The molecule has 7 nitrogen and oxygen atoms in total. The molecule has 0 saturated carbocycles. The maximum atomic E-state index is 12.3. The monoisotopic (exact) mass is 298 g/mol. The van der Waals surface area contributed by atoms with Crippen LogP contribution < -0.4 is 5.32 Å². The van der Waals surface area contributed by atoms with Crippen LogP contribution in [0.4, 0.5) is 0 Å². The van der Waals surface area contributed by atoms with Crippen LogP contribution in [0.1, 0.15) is 49.3 Å². The van der Waals surface area contributed by atoms with Crippen molar-refractivity contribution in [2.45, 2.75) is 32.9 Å². The summed E-state index contributed by atoms with van der Waals surface area (Å²) in [6.07, 6.45) is 1.67. The molecule has 0 saturated heterocycles. The normalized spacial score (nSPS) is 12.7. The van der Waals surface area contributed by atoms with Crippen LogP contribution >= 0.6 is 0 Å². The van der Waals surface area contributed by atoms with Gasteiger partial charge in [0.1, 0.15) is 6.33 Å². The van der Waals surface area contributed by atoms with Crippen molar-refractivity contribution < 1.29 is 4.79 Å². The zero-order chi connectivity index (χ0) is 15.7. The van der Waals surface area contributed by atoms with Gasteiger partial charge in [-0.15, -0.1) is 10.2 Å². The van der Waals surface area contributed by atoms with Gasteiger partial charge in [0, 0.05) is 6.04 Å². The third-order valence-corrected chi connectivity index (χ3v) is 3.50. The Hall–Kier alpha value is -2.70. The third-order valence-electron chi connectivity index (χ3n) is 3.50. The molecule has 2 aromatic heterocycles. The Kier molecular flexibility index (Phi) is 3.62. The molecule has 7 heteroatoms. The molecule has 1 aromatic carbocycles. The van der Waals surface area contributed by atoms with Crippen LogP contribution in [-0.2, 0) is 0 Å². The Balaban J connectivity index is 1.79. The van der Waals surface area contributed by atoms with Gasteiger partial charge >= 0.3 is 0 Å². The molecule has 0 aliphatic rings. The van der Waals surface area contributed by atoms with E-state index in [2.05, 4.69) is 25.5 Å². The lowest BCUT2D eigenvalue weighted by Crippen LogP contribution is -2.29. The van der Waals surface area contributed by atoms with Crippen molar-refractivity contribution in [2.24, 2.45) is 0 Å². The fourth-order valence-electron chi connectivity index (χ4n) is 2.35. The van der Waals surface area contributed by atoms with E-state index in [4.69, 9.17) is 0 Å². The first kappa shape index (κ1) is 14.2. The summed E-state index contributed by atoms with van der Waals surface area (Å²) in [6, 6.07) is 7.51. The summed E-state index contributed by atoms with van der Waals surface area (Å²) in [4.78, 5) is 19.7. The minimum Gasteiger partial charge on any atom is -0.340 e. The Bertz CT molecular complexity index is 770. The predicted octanol–water partition coefficient (Wildman–Crippen LogP) is 2.23. The van der Waals surface area contributed by atoms with E-state index in [1.54, 1.807) is 6.33 Å². The van der Waals surface area contributed by atoms with E-state index < -0.39 is 0 Å². The zero-order valence-electron chi connectivity index (χ0n) is 12.7. The second kappa shape index (κ2) is 5.59. The molecule has 1 atom stereocenters. The Morgan fingerprint density at radius 2 is 2.05 bits per heavy atom. The number of H-pyrrole nitrogens is 1. The highest BCUT2D eigenvalue weighted by atomic mass is 16.2. The summed E-state index contributed by atoms with van der Waals surface area (Å²) in [5, 5.41) is 10.9. The zero-order valence-corrected chi connectivity index (χ0v) is 12.7. The highest BCUT2D eigenvalue weighted by molar-refractivity contribution is 5.94. The van der Waals surface area contributed by atoms with Gasteiger partial charge in [-0.2, -0.15) is 0 Å². The molecule has 0 fully saturated rings. The minimum atomic E-state index is -0.262. The molecular formula is C15H18N6O. The van der Waals surface area contributed by atoms with Crippen LogP contribution in [0.5, 0.6) is 0 Å². The van der Waals surface area contributed by atoms with E-state index in [-0.39, 0.29) is 18.0 Å². The maximum Gasteiger partial charge on any atom is 0.287 e. The minimum absolute atomic E-state index is 0.232. The molecule has 0 bridgehead atoms. The van der Waals surface area contributed by atoms with Gasteiger partial charge in [-0.25, -0.2) is 4.98 Å². The van der Waals surface area contributed by atoms with Crippen molar-refractivity contribution in [3.8, 4) is 0 Å². The first-order chi connectivity index (χ1) is 10.6. The van der Waals surface area contributed by atoms with E-state index in [9.17, 15) is 4.79 Å². The number of rotatable bonds is 4. The van der Waals surface area contributed by atoms with Gasteiger partial charge in [-0.05, 0) is 32.9 Å². The Labute approximate surface area is 127 Å². The number of aromatic amines is 1. The maximum absolute atomic E-state index is 12.3. The largest absolute Gasteiger partial charge is 0.340 e. The molecule has 3 aromatic rings. The average Bonchev–Trinajstić information content (AvgIpc) is 3.13. The van der Waals surface area contributed by atoms with Crippen LogP contribution in [0.3, 0.4) is 0 Å². The lowest BCUT2D eigenvalue weighted by molar-refractivity contribution is 0.0928. The molecule has 0 aliphatic carbocycles. The Morgan fingerprint density at radius 3 is 2.77 bits per heavy atom. The average molecular weight is 298 g/mol. The summed E-state index contributed by atoms with van der Waals surface area (Å²) in [7, 11) is 0. The number of aromatic nitrogens is 5. The molecule has 2 N–H and O–H groups in total. The standard InChI is InChI=1S/C15H18N6O/c1-9(2)21-8-16-20-14(21)10(3)17-15(22)13-18-11-6-4-5-7-12(11)19-13/h4-10H,1-3H3,(H,17,22)(H,18,19)/t10-/m0/s1. The molecule has 2 heterocycles. The highest BCUT2D eigenvalue weighted by Gasteiger charge is 2.19. The summed E-state index contributed by atoms with van der Waals surface area (Å²) in [5.74, 6) is 0.755. The summed E-state index contributed by atoms with van der Waals surface area (Å²) >= 11 is 0. The number of para-hydroxylation sites is 2. The number of amides is 1. The number of nitrogens with one attached hydrogen (secondary N) is 2. The summed E-state index contributed by atoms with van der Waals surface area (Å²) in [6.45, 7) is 5.96. The van der Waals surface area contributed by atoms with Gasteiger partial charge in [0.05, 0.1) is 17.1 Å². The number of hydrogen-bond donors (Lipinski definition) is 2. The van der Waals surface area contributed by atoms with Gasteiger partial charge in [0.2, 0.25) is 0 Å². The molecule has 0 spiro atoms. The van der Waals surface area contributed by atoms with Gasteiger partial charge in [0.25, 0.3) is 5.91 Å². The fraction of sp³-hybridized carbons (Fsp3) is 0.333. The Morgan fingerprint density at radius 1 is 1.27 bits per heavy atom. The molecular weight excluding hydrogens is 280 g/mol. The second-order valence-electron chi connectivity index (χ2n) is 5.49. The van der Waals surface area contributed by atoms with E-state index >= 15 is 0 Å².